The summed E-state index contributed by atoms with van der Waals surface area (Å²) < 4.78 is 52.9. The molecule has 0 heterocycles. The lowest BCUT2D eigenvalue weighted by atomic mass is 10.0. The van der Waals surface area contributed by atoms with Gasteiger partial charge in [-0.1, -0.05) is 32.0 Å². The first-order valence-electron chi connectivity index (χ1n) is 7.80. The highest BCUT2D eigenvalue weighted by molar-refractivity contribution is 7.92. The Morgan fingerprint density at radius 1 is 1.00 bits per heavy atom. The van der Waals surface area contributed by atoms with Gasteiger partial charge in [-0.2, -0.15) is 12.7 Å². The highest BCUT2D eigenvalue weighted by atomic mass is 32.2. The molecule has 24 heavy (non-hydrogen) atoms. The summed E-state index contributed by atoms with van der Waals surface area (Å²) in [5.41, 5.74) is 2.51. The van der Waals surface area contributed by atoms with Gasteiger partial charge in [-0.25, -0.2) is 13.1 Å². The third kappa shape index (κ3) is 5.17. The van der Waals surface area contributed by atoms with Crippen molar-refractivity contribution in [3.8, 4) is 0 Å². The van der Waals surface area contributed by atoms with Gasteiger partial charge in [0.15, 0.2) is 0 Å². The first-order chi connectivity index (χ1) is 11.0. The third-order valence-corrected chi connectivity index (χ3v) is 6.39. The fourth-order valence-corrected chi connectivity index (χ4v) is 3.98. The van der Waals surface area contributed by atoms with Crippen LogP contribution in [-0.2, 0) is 33.1 Å². The first kappa shape index (κ1) is 20.9. The van der Waals surface area contributed by atoms with Crippen molar-refractivity contribution >= 4 is 25.9 Å². The van der Waals surface area contributed by atoms with Gasteiger partial charge < -0.3 is 0 Å². The fraction of sp³-hybridized carbons (Fsp3) is 0.600. The summed E-state index contributed by atoms with van der Waals surface area (Å²) in [7, 11) is -4.30. The smallest absolute Gasteiger partial charge is 0.269 e. The van der Waals surface area contributed by atoms with E-state index in [0.29, 0.717) is 18.5 Å². The van der Waals surface area contributed by atoms with Crippen LogP contribution in [0.4, 0.5) is 5.69 Å². The summed E-state index contributed by atoms with van der Waals surface area (Å²) in [6.45, 7) is 3.96. The molecular weight excluding hydrogens is 350 g/mol. The summed E-state index contributed by atoms with van der Waals surface area (Å²) >= 11 is 0. The van der Waals surface area contributed by atoms with E-state index in [1.165, 1.54) is 18.4 Å². The molecule has 0 amide bonds. The van der Waals surface area contributed by atoms with Crippen LogP contribution in [0.25, 0.3) is 0 Å². The predicted molar refractivity (Wildman–Crippen MR) is 98.0 cm³/mol. The van der Waals surface area contributed by atoms with E-state index in [9.17, 15) is 16.8 Å². The average Bonchev–Trinajstić information content (AvgIpc) is 2.49. The van der Waals surface area contributed by atoms with Gasteiger partial charge >= 0.3 is 0 Å². The molecule has 0 saturated carbocycles. The molecule has 9 heteroatoms. The lowest BCUT2D eigenvalue weighted by Crippen LogP contribution is -2.42. The molecule has 0 unspecified atom stereocenters. The van der Waals surface area contributed by atoms with Crippen LogP contribution in [0.1, 0.15) is 25.0 Å². The van der Waals surface area contributed by atoms with Gasteiger partial charge in [-0.3, -0.25) is 4.31 Å². The maximum Gasteiger partial charge on any atom is 0.278 e. The molecule has 1 rings (SSSR count). The van der Waals surface area contributed by atoms with Crippen molar-refractivity contribution in [2.24, 2.45) is 0 Å². The summed E-state index contributed by atoms with van der Waals surface area (Å²) in [5, 5.41) is 0. The zero-order valence-corrected chi connectivity index (χ0v) is 16.5. The summed E-state index contributed by atoms with van der Waals surface area (Å²) in [5.74, 6) is 0. The van der Waals surface area contributed by atoms with Gasteiger partial charge in [0, 0.05) is 27.2 Å². The molecule has 1 aromatic carbocycles. The van der Waals surface area contributed by atoms with Gasteiger partial charge in [0.2, 0.25) is 10.0 Å². The Kier molecular flexibility index (Phi) is 7.21. The van der Waals surface area contributed by atoms with Crippen LogP contribution in [0, 0.1) is 0 Å². The molecule has 0 spiro atoms. The van der Waals surface area contributed by atoms with Crippen molar-refractivity contribution in [1.82, 2.24) is 9.03 Å². The second-order valence-electron chi connectivity index (χ2n) is 5.65. The molecule has 0 radical (unpaired) electrons. The number of rotatable bonds is 9. The van der Waals surface area contributed by atoms with Crippen LogP contribution in [0.5, 0.6) is 0 Å². The molecule has 0 bridgehead atoms. The van der Waals surface area contributed by atoms with E-state index in [1.54, 1.807) is 0 Å². The number of hydrogen-bond acceptors (Lipinski definition) is 4. The first-order valence-corrected chi connectivity index (χ1v) is 11.1. The number of sulfonamides is 1. The molecule has 0 aliphatic rings. The van der Waals surface area contributed by atoms with Crippen molar-refractivity contribution in [2.45, 2.75) is 26.7 Å². The van der Waals surface area contributed by atoms with E-state index in [4.69, 9.17) is 0 Å². The standard InChI is InChI=1S/C15H27N3O4S2/c1-6-13-9-8-10-14(7-2)15(13)18(23(5,19)20)12-11-16-24(21,22)17(3)4/h8-10,16H,6-7,11-12H2,1-5H3. The maximum atomic E-state index is 12.3. The summed E-state index contributed by atoms with van der Waals surface area (Å²) in [6.07, 6.45) is 2.52. The molecule has 0 atom stereocenters. The summed E-state index contributed by atoms with van der Waals surface area (Å²) in [6, 6.07) is 5.71. The van der Waals surface area contributed by atoms with Gasteiger partial charge in [0.25, 0.3) is 10.2 Å². The molecule has 7 nitrogen and oxygen atoms in total. The highest BCUT2D eigenvalue weighted by Gasteiger charge is 2.23. The normalized spacial score (nSPS) is 12.6. The summed E-state index contributed by atoms with van der Waals surface area (Å²) in [4.78, 5) is 0. The lowest BCUT2D eigenvalue weighted by Gasteiger charge is -2.27. The number of nitrogens with one attached hydrogen (secondary N) is 1. The maximum absolute atomic E-state index is 12.3. The average molecular weight is 378 g/mol. The fourth-order valence-electron chi connectivity index (χ4n) is 2.38. The highest BCUT2D eigenvalue weighted by Crippen LogP contribution is 2.28. The molecule has 1 aromatic rings. The number of hydrogen-bond donors (Lipinski definition) is 1. The zero-order chi connectivity index (χ0) is 18.5. The minimum absolute atomic E-state index is 0.00517. The SMILES string of the molecule is CCc1cccc(CC)c1N(CCNS(=O)(=O)N(C)C)S(C)(=O)=O. The van der Waals surface area contributed by atoms with E-state index >= 15 is 0 Å². The quantitative estimate of drug-likeness (QED) is 0.695. The van der Waals surface area contributed by atoms with E-state index in [-0.39, 0.29) is 13.1 Å². The topological polar surface area (TPSA) is 86.8 Å². The van der Waals surface area contributed by atoms with Gasteiger partial charge in [0.05, 0.1) is 11.9 Å². The number of nitrogens with zero attached hydrogens (tertiary/aromatic N) is 2. The Hall–Kier alpha value is -1.16. The zero-order valence-electron chi connectivity index (χ0n) is 14.9. The van der Waals surface area contributed by atoms with Crippen LogP contribution in [0.3, 0.4) is 0 Å². The Morgan fingerprint density at radius 2 is 1.50 bits per heavy atom. The number of aryl methyl sites for hydroxylation is 2. The van der Waals surface area contributed by atoms with Gasteiger partial charge in [-0.05, 0) is 24.0 Å². The van der Waals surface area contributed by atoms with Crippen LogP contribution >= 0.6 is 0 Å². The van der Waals surface area contributed by atoms with Crippen LogP contribution < -0.4 is 9.03 Å². The minimum Gasteiger partial charge on any atom is -0.269 e. The second kappa shape index (κ2) is 8.28. The van der Waals surface area contributed by atoms with Crippen LogP contribution in [0.2, 0.25) is 0 Å². The molecule has 138 valence electrons. The van der Waals surface area contributed by atoms with E-state index in [0.717, 1.165) is 21.7 Å². The number of para-hydroxylation sites is 1. The largest absolute Gasteiger partial charge is 0.278 e. The van der Waals surface area contributed by atoms with Crippen molar-refractivity contribution in [1.29, 1.82) is 0 Å². The Morgan fingerprint density at radius 3 is 1.88 bits per heavy atom. The van der Waals surface area contributed by atoms with Gasteiger partial charge in [0.1, 0.15) is 0 Å². The lowest BCUT2D eigenvalue weighted by molar-refractivity contribution is 0.506. The molecule has 0 fully saturated rings. The Bertz CT molecular complexity index is 737. The molecule has 1 N–H and O–H groups in total. The van der Waals surface area contributed by atoms with Crippen LogP contribution in [-0.4, -0.2) is 54.6 Å². The molecule has 0 aliphatic carbocycles. The van der Waals surface area contributed by atoms with Crippen molar-refractivity contribution in [3.63, 3.8) is 0 Å². The molecule has 0 aromatic heterocycles. The van der Waals surface area contributed by atoms with Crippen molar-refractivity contribution in [2.75, 3.05) is 37.7 Å². The molecule has 0 saturated heterocycles. The minimum atomic E-state index is -3.59. The monoisotopic (exact) mass is 377 g/mol. The van der Waals surface area contributed by atoms with Crippen LogP contribution in [0.15, 0.2) is 18.2 Å². The molecular formula is C15H27N3O4S2. The van der Waals surface area contributed by atoms with E-state index in [2.05, 4.69) is 4.72 Å². The third-order valence-electron chi connectivity index (χ3n) is 3.69. The van der Waals surface area contributed by atoms with Crippen molar-refractivity contribution in [3.05, 3.63) is 29.3 Å². The number of anilines is 1. The van der Waals surface area contributed by atoms with Gasteiger partial charge in [-0.15, -0.1) is 0 Å². The predicted octanol–water partition coefficient (Wildman–Crippen LogP) is 0.973. The number of benzene rings is 1. The second-order valence-corrected chi connectivity index (χ2v) is 9.52. The Labute approximate surface area is 145 Å². The van der Waals surface area contributed by atoms with E-state index in [1.807, 2.05) is 32.0 Å². The van der Waals surface area contributed by atoms with Crippen molar-refractivity contribution < 1.29 is 16.8 Å². The van der Waals surface area contributed by atoms with E-state index < -0.39 is 20.2 Å². The molecule has 0 aliphatic heterocycles. The Balaban J connectivity index is 3.18.